The molecule has 5 unspecified atom stereocenters. The highest BCUT2D eigenvalue weighted by atomic mass is 16.4. The average molecular weight is 293 g/mol. The Hall–Kier alpha value is -1.32. The normalized spacial score (nSPS) is 31.3. The van der Waals surface area contributed by atoms with Crippen LogP contribution in [0.1, 0.15) is 52.4 Å². The van der Waals surface area contributed by atoms with Crippen LogP contribution in [0.3, 0.4) is 0 Å². The number of hydrogen-bond acceptors (Lipinski definition) is 2. The number of nitrogens with one attached hydrogen (secondary N) is 1. The highest BCUT2D eigenvalue weighted by Gasteiger charge is 2.51. The Balaban J connectivity index is 2.01. The van der Waals surface area contributed by atoms with Gasteiger partial charge in [0.15, 0.2) is 0 Å². The number of carbonyl (C=O) groups is 2. The van der Waals surface area contributed by atoms with Crippen molar-refractivity contribution in [2.45, 2.75) is 58.4 Å². The van der Waals surface area contributed by atoms with Gasteiger partial charge in [-0.05, 0) is 31.1 Å². The van der Waals surface area contributed by atoms with Gasteiger partial charge in [-0.2, -0.15) is 0 Å². The van der Waals surface area contributed by atoms with E-state index in [9.17, 15) is 14.7 Å². The number of aliphatic carboxylic acids is 1. The van der Waals surface area contributed by atoms with E-state index in [0.717, 1.165) is 38.5 Å². The third kappa shape index (κ3) is 3.47. The summed E-state index contributed by atoms with van der Waals surface area (Å²) in [5.41, 5.74) is 0. The van der Waals surface area contributed by atoms with Crippen LogP contribution in [0.15, 0.2) is 12.2 Å². The van der Waals surface area contributed by atoms with E-state index in [4.69, 9.17) is 0 Å². The number of hydrogen-bond donors (Lipinski definition) is 2. The van der Waals surface area contributed by atoms with Crippen molar-refractivity contribution < 1.29 is 14.7 Å². The fourth-order valence-electron chi connectivity index (χ4n) is 3.90. The number of allylic oxidation sites excluding steroid dienone is 2. The van der Waals surface area contributed by atoms with Gasteiger partial charge in [0.05, 0.1) is 11.8 Å². The summed E-state index contributed by atoms with van der Waals surface area (Å²) in [5.74, 6) is -1.62. The second kappa shape index (κ2) is 7.10. The van der Waals surface area contributed by atoms with Crippen LogP contribution in [0, 0.1) is 23.7 Å². The highest BCUT2D eigenvalue weighted by molar-refractivity contribution is 5.87. The summed E-state index contributed by atoms with van der Waals surface area (Å²) in [6.07, 6.45) is 10.1. The van der Waals surface area contributed by atoms with E-state index in [2.05, 4.69) is 19.2 Å². The van der Waals surface area contributed by atoms with Gasteiger partial charge in [-0.25, -0.2) is 0 Å². The summed E-state index contributed by atoms with van der Waals surface area (Å²) in [4.78, 5) is 24.1. The SMILES string of the molecule is CCCCC(CCC)NC(=O)C1C2C=CC(C2)C1C(=O)O. The summed E-state index contributed by atoms with van der Waals surface area (Å²) in [7, 11) is 0. The number of unbranched alkanes of at least 4 members (excludes halogenated alkanes) is 1. The molecule has 1 fully saturated rings. The van der Waals surface area contributed by atoms with Gasteiger partial charge in [-0.1, -0.05) is 45.3 Å². The summed E-state index contributed by atoms with van der Waals surface area (Å²) in [6.45, 7) is 4.26. The summed E-state index contributed by atoms with van der Waals surface area (Å²) < 4.78 is 0. The van der Waals surface area contributed by atoms with Crippen LogP contribution in [0.2, 0.25) is 0 Å². The van der Waals surface area contributed by atoms with Gasteiger partial charge in [-0.15, -0.1) is 0 Å². The summed E-state index contributed by atoms with van der Waals surface area (Å²) in [6, 6.07) is 0.194. The van der Waals surface area contributed by atoms with E-state index in [-0.39, 0.29) is 29.7 Å². The number of amides is 1. The zero-order valence-corrected chi connectivity index (χ0v) is 13.0. The van der Waals surface area contributed by atoms with Crippen LogP contribution in [-0.2, 0) is 9.59 Å². The summed E-state index contributed by atoms with van der Waals surface area (Å²) in [5, 5.41) is 12.5. The second-order valence-electron chi connectivity index (χ2n) is 6.47. The summed E-state index contributed by atoms with van der Waals surface area (Å²) >= 11 is 0. The van der Waals surface area contributed by atoms with Gasteiger partial charge in [0, 0.05) is 6.04 Å². The van der Waals surface area contributed by atoms with Crippen LogP contribution in [0.5, 0.6) is 0 Å². The Morgan fingerprint density at radius 1 is 1.14 bits per heavy atom. The molecule has 1 amide bonds. The zero-order valence-electron chi connectivity index (χ0n) is 13.0. The molecule has 1 saturated carbocycles. The van der Waals surface area contributed by atoms with E-state index in [1.807, 2.05) is 12.2 Å². The molecule has 0 saturated heterocycles. The molecule has 2 N–H and O–H groups in total. The smallest absolute Gasteiger partial charge is 0.307 e. The van der Waals surface area contributed by atoms with Crippen LogP contribution in [0.4, 0.5) is 0 Å². The van der Waals surface area contributed by atoms with Gasteiger partial charge in [0.25, 0.3) is 0 Å². The first kappa shape index (κ1) is 16.1. The molecule has 2 aliphatic carbocycles. The number of carboxylic acids is 1. The predicted octanol–water partition coefficient (Wildman–Crippen LogP) is 2.98. The van der Waals surface area contributed by atoms with Crippen molar-refractivity contribution in [1.82, 2.24) is 5.32 Å². The molecule has 2 aliphatic rings. The predicted molar refractivity (Wildman–Crippen MR) is 81.7 cm³/mol. The van der Waals surface area contributed by atoms with Crippen molar-refractivity contribution in [1.29, 1.82) is 0 Å². The Bertz CT molecular complexity index is 418. The van der Waals surface area contributed by atoms with Crippen LogP contribution >= 0.6 is 0 Å². The lowest BCUT2D eigenvalue weighted by Crippen LogP contribution is -2.44. The molecule has 0 aromatic heterocycles. The molecule has 0 heterocycles. The molecule has 4 nitrogen and oxygen atoms in total. The minimum absolute atomic E-state index is 0.0449. The second-order valence-corrected chi connectivity index (χ2v) is 6.47. The highest BCUT2D eigenvalue weighted by Crippen LogP contribution is 2.48. The lowest BCUT2D eigenvalue weighted by atomic mass is 9.82. The van der Waals surface area contributed by atoms with Gasteiger partial charge in [-0.3, -0.25) is 9.59 Å². The molecular formula is C17H27NO3. The van der Waals surface area contributed by atoms with Crippen molar-refractivity contribution in [3.05, 3.63) is 12.2 Å². The van der Waals surface area contributed by atoms with Crippen molar-refractivity contribution in [3.63, 3.8) is 0 Å². The molecule has 5 atom stereocenters. The van der Waals surface area contributed by atoms with E-state index >= 15 is 0 Å². The van der Waals surface area contributed by atoms with Crippen molar-refractivity contribution in [2.24, 2.45) is 23.7 Å². The van der Waals surface area contributed by atoms with Gasteiger partial charge < -0.3 is 10.4 Å². The molecule has 0 spiro atoms. The Morgan fingerprint density at radius 2 is 1.81 bits per heavy atom. The molecule has 0 aliphatic heterocycles. The average Bonchev–Trinajstić information content (AvgIpc) is 3.05. The van der Waals surface area contributed by atoms with Gasteiger partial charge >= 0.3 is 5.97 Å². The van der Waals surface area contributed by atoms with Crippen molar-refractivity contribution in [3.8, 4) is 0 Å². The quantitative estimate of drug-likeness (QED) is 0.676. The Morgan fingerprint density at radius 3 is 2.38 bits per heavy atom. The maximum Gasteiger partial charge on any atom is 0.307 e. The van der Waals surface area contributed by atoms with E-state index in [1.54, 1.807) is 0 Å². The first-order valence-electron chi connectivity index (χ1n) is 8.30. The fraction of sp³-hybridized carbons (Fsp3) is 0.765. The molecule has 0 aromatic rings. The third-order valence-electron chi connectivity index (χ3n) is 4.94. The van der Waals surface area contributed by atoms with Crippen LogP contribution in [-0.4, -0.2) is 23.0 Å². The zero-order chi connectivity index (χ0) is 15.4. The molecule has 2 bridgehead atoms. The number of carboxylic acid groups (broad SMARTS) is 1. The van der Waals surface area contributed by atoms with Gasteiger partial charge in [0.1, 0.15) is 0 Å². The van der Waals surface area contributed by atoms with Gasteiger partial charge in [0.2, 0.25) is 5.91 Å². The molecule has 0 aromatic carbocycles. The number of carbonyl (C=O) groups excluding carboxylic acids is 1. The van der Waals surface area contributed by atoms with E-state index < -0.39 is 11.9 Å². The lowest BCUT2D eigenvalue weighted by molar-refractivity contribution is -0.148. The number of fused-ring (bicyclic) bond motifs is 2. The molecule has 118 valence electrons. The Kier molecular flexibility index (Phi) is 5.43. The lowest BCUT2D eigenvalue weighted by Gasteiger charge is -2.27. The minimum Gasteiger partial charge on any atom is -0.481 e. The molecule has 2 rings (SSSR count). The van der Waals surface area contributed by atoms with Crippen molar-refractivity contribution in [2.75, 3.05) is 0 Å². The fourth-order valence-corrected chi connectivity index (χ4v) is 3.90. The number of rotatable bonds is 8. The largest absolute Gasteiger partial charge is 0.481 e. The standard InChI is InChI=1S/C17H27NO3/c1-3-5-7-13(6-4-2)18-16(19)14-11-8-9-12(10-11)15(14)17(20)21/h8-9,11-15H,3-7,10H2,1-2H3,(H,18,19)(H,20,21). The third-order valence-corrected chi connectivity index (χ3v) is 4.94. The minimum atomic E-state index is -0.826. The first-order valence-corrected chi connectivity index (χ1v) is 8.30. The topological polar surface area (TPSA) is 66.4 Å². The van der Waals surface area contributed by atoms with E-state index in [1.165, 1.54) is 0 Å². The maximum absolute atomic E-state index is 12.6. The molecular weight excluding hydrogens is 266 g/mol. The van der Waals surface area contributed by atoms with Crippen LogP contribution in [0.25, 0.3) is 0 Å². The van der Waals surface area contributed by atoms with Crippen molar-refractivity contribution >= 4 is 11.9 Å². The molecule has 4 heteroatoms. The van der Waals surface area contributed by atoms with E-state index in [0.29, 0.717) is 0 Å². The first-order chi connectivity index (χ1) is 10.1. The van der Waals surface area contributed by atoms with Crippen LogP contribution < -0.4 is 5.32 Å². The molecule has 0 radical (unpaired) electrons. The maximum atomic E-state index is 12.6. The Labute approximate surface area is 127 Å². The monoisotopic (exact) mass is 293 g/mol. The molecule has 21 heavy (non-hydrogen) atoms.